The predicted octanol–water partition coefficient (Wildman–Crippen LogP) is 4.74. The van der Waals surface area contributed by atoms with Crippen LogP contribution >= 0.6 is 0 Å². The summed E-state index contributed by atoms with van der Waals surface area (Å²) in [5.74, 6) is 0.203. The molecule has 0 bridgehead atoms. The van der Waals surface area contributed by atoms with Crippen LogP contribution in [-0.2, 0) is 29.1 Å². The number of ether oxygens (including phenoxy) is 1. The molecular weight excluding hydrogens is 582 g/mol. The number of fused-ring (bicyclic) bond motifs is 2. The largest absolute Gasteiger partial charge is 0.482 e. The molecule has 1 aliphatic carbocycles. The van der Waals surface area contributed by atoms with Gasteiger partial charge in [-0.1, -0.05) is 24.6 Å². The van der Waals surface area contributed by atoms with Crippen LogP contribution in [0.2, 0.25) is 0 Å². The summed E-state index contributed by atoms with van der Waals surface area (Å²) in [7, 11) is 1.94. The Morgan fingerprint density at radius 2 is 1.76 bits per heavy atom. The number of benzene rings is 3. The molecule has 10 heteroatoms. The number of carbonyl (C=O) groups excluding carboxylic acids is 4. The summed E-state index contributed by atoms with van der Waals surface area (Å²) < 4.78 is 5.50. The molecule has 4 amide bonds. The van der Waals surface area contributed by atoms with Crippen LogP contribution in [0.3, 0.4) is 0 Å². The molecule has 6 rings (SSSR count). The highest BCUT2D eigenvalue weighted by Crippen LogP contribution is 2.33. The van der Waals surface area contributed by atoms with Gasteiger partial charge in [0.15, 0.2) is 6.61 Å². The highest BCUT2D eigenvalue weighted by molar-refractivity contribution is 6.04. The molecule has 240 valence electrons. The summed E-state index contributed by atoms with van der Waals surface area (Å²) in [6.45, 7) is 2.65. The van der Waals surface area contributed by atoms with E-state index in [9.17, 15) is 19.2 Å². The zero-order valence-corrected chi connectivity index (χ0v) is 26.3. The van der Waals surface area contributed by atoms with E-state index in [1.807, 2.05) is 47.2 Å². The van der Waals surface area contributed by atoms with Crippen LogP contribution in [0, 0.1) is 0 Å². The van der Waals surface area contributed by atoms with Crippen LogP contribution in [0.4, 0.5) is 11.4 Å². The average molecular weight is 624 g/mol. The van der Waals surface area contributed by atoms with Gasteiger partial charge in [-0.05, 0) is 105 Å². The van der Waals surface area contributed by atoms with Gasteiger partial charge in [0, 0.05) is 48.9 Å². The van der Waals surface area contributed by atoms with E-state index in [0.717, 1.165) is 67.4 Å². The van der Waals surface area contributed by atoms with Crippen molar-refractivity contribution in [1.29, 1.82) is 0 Å². The Balaban J connectivity index is 1.03. The van der Waals surface area contributed by atoms with Crippen molar-refractivity contribution in [3.8, 4) is 5.75 Å². The van der Waals surface area contributed by atoms with Crippen LogP contribution in [-0.4, -0.2) is 66.2 Å². The van der Waals surface area contributed by atoms with Gasteiger partial charge in [0.2, 0.25) is 5.91 Å². The fourth-order valence-corrected chi connectivity index (χ4v) is 6.04. The van der Waals surface area contributed by atoms with Gasteiger partial charge in [-0.3, -0.25) is 19.2 Å². The smallest absolute Gasteiger partial charge is 0.262 e. The first-order valence-corrected chi connectivity index (χ1v) is 16.2. The van der Waals surface area contributed by atoms with Crippen molar-refractivity contribution in [2.75, 3.05) is 37.4 Å². The van der Waals surface area contributed by atoms with Crippen molar-refractivity contribution in [3.05, 3.63) is 88.5 Å². The maximum Gasteiger partial charge on any atom is 0.262 e. The van der Waals surface area contributed by atoms with E-state index in [1.165, 1.54) is 0 Å². The Morgan fingerprint density at radius 1 is 0.957 bits per heavy atom. The third kappa shape index (κ3) is 7.56. The lowest BCUT2D eigenvalue weighted by molar-refractivity contribution is -0.132. The average Bonchev–Trinajstić information content (AvgIpc) is 3.92. The summed E-state index contributed by atoms with van der Waals surface area (Å²) in [5, 5.41) is 8.91. The van der Waals surface area contributed by atoms with Crippen LogP contribution < -0.4 is 20.7 Å². The molecule has 0 saturated heterocycles. The Kier molecular flexibility index (Phi) is 9.63. The van der Waals surface area contributed by atoms with Gasteiger partial charge in [0.25, 0.3) is 17.7 Å². The molecule has 3 aromatic rings. The predicted molar refractivity (Wildman–Crippen MR) is 176 cm³/mol. The Morgan fingerprint density at radius 3 is 2.54 bits per heavy atom. The second kappa shape index (κ2) is 14.2. The van der Waals surface area contributed by atoms with Gasteiger partial charge in [0.05, 0.1) is 5.69 Å². The molecule has 46 heavy (non-hydrogen) atoms. The molecule has 2 heterocycles. The quantitative estimate of drug-likeness (QED) is 0.251. The zero-order chi connectivity index (χ0) is 32.0. The third-order valence-electron chi connectivity index (χ3n) is 8.83. The highest BCUT2D eigenvalue weighted by Gasteiger charge is 2.33. The van der Waals surface area contributed by atoms with Gasteiger partial charge < -0.3 is 30.5 Å². The van der Waals surface area contributed by atoms with Gasteiger partial charge in [0.1, 0.15) is 5.75 Å². The van der Waals surface area contributed by atoms with Crippen molar-refractivity contribution < 1.29 is 23.9 Å². The number of rotatable bonds is 12. The summed E-state index contributed by atoms with van der Waals surface area (Å²) >= 11 is 0. The van der Waals surface area contributed by atoms with E-state index in [-0.39, 0.29) is 36.3 Å². The molecule has 10 nitrogen and oxygen atoms in total. The highest BCUT2D eigenvalue weighted by atomic mass is 16.5. The zero-order valence-electron chi connectivity index (χ0n) is 26.3. The van der Waals surface area contributed by atoms with Gasteiger partial charge in [-0.2, -0.15) is 0 Å². The minimum absolute atomic E-state index is 0.0672. The summed E-state index contributed by atoms with van der Waals surface area (Å²) in [6, 6.07) is 18.6. The molecule has 1 saturated carbocycles. The standard InChI is InChI=1S/C36H41N5O5/c1-37-17-4-2-3-5-34(43)40-18-16-26-19-29(12-10-28(26)22-40)38-35(44)25-8-6-24(7-9-25)21-41(30-13-14-30)36(45)27-11-15-31-32(20-27)46-23-33(42)39-31/h6-12,15,19-20,30,37H,2-5,13-14,16-18,21-23H2,1H3,(H,38,44)(H,39,42). The Bertz CT molecular complexity index is 1620. The van der Waals surface area contributed by atoms with Crippen LogP contribution in [0.15, 0.2) is 60.7 Å². The minimum atomic E-state index is -0.214. The summed E-state index contributed by atoms with van der Waals surface area (Å²) in [6.07, 6.45) is 6.32. The second-order valence-electron chi connectivity index (χ2n) is 12.3. The molecule has 3 aliphatic rings. The molecule has 0 aromatic heterocycles. The third-order valence-corrected chi connectivity index (χ3v) is 8.83. The number of nitrogens with one attached hydrogen (secondary N) is 3. The van der Waals surface area contributed by atoms with Crippen LogP contribution in [0.1, 0.15) is 75.9 Å². The fourth-order valence-electron chi connectivity index (χ4n) is 6.04. The van der Waals surface area contributed by atoms with E-state index < -0.39 is 0 Å². The van der Waals surface area contributed by atoms with E-state index in [4.69, 9.17) is 4.74 Å². The minimum Gasteiger partial charge on any atom is -0.482 e. The molecule has 3 aromatic carbocycles. The van der Waals surface area contributed by atoms with Crippen molar-refractivity contribution in [2.24, 2.45) is 0 Å². The second-order valence-corrected chi connectivity index (χ2v) is 12.3. The number of hydrogen-bond acceptors (Lipinski definition) is 6. The molecule has 3 N–H and O–H groups in total. The maximum absolute atomic E-state index is 13.5. The first-order valence-electron chi connectivity index (χ1n) is 16.2. The van der Waals surface area contributed by atoms with Crippen molar-refractivity contribution >= 4 is 35.0 Å². The van der Waals surface area contributed by atoms with Crippen LogP contribution in [0.5, 0.6) is 5.75 Å². The first kappa shape index (κ1) is 31.3. The lowest BCUT2D eigenvalue weighted by Crippen LogP contribution is -2.35. The molecular formula is C36H41N5O5. The normalized spacial score (nSPS) is 15.2. The monoisotopic (exact) mass is 623 g/mol. The molecule has 0 unspecified atom stereocenters. The fraction of sp³-hybridized carbons (Fsp3) is 0.389. The SMILES string of the molecule is CNCCCCCC(=O)N1CCc2cc(NC(=O)c3ccc(CN(C(=O)c4ccc5c(c4)OCC(=O)N5)C4CC4)cc3)ccc2C1. The van der Waals surface area contributed by atoms with E-state index in [2.05, 4.69) is 16.0 Å². The van der Waals surface area contributed by atoms with E-state index in [1.54, 1.807) is 30.3 Å². The first-order chi connectivity index (χ1) is 22.4. The molecule has 2 aliphatic heterocycles. The number of hydrogen-bond donors (Lipinski definition) is 3. The van der Waals surface area contributed by atoms with Crippen molar-refractivity contribution in [1.82, 2.24) is 15.1 Å². The summed E-state index contributed by atoms with van der Waals surface area (Å²) in [5.41, 5.74) is 5.56. The molecule has 0 atom stereocenters. The van der Waals surface area contributed by atoms with Crippen molar-refractivity contribution in [2.45, 2.75) is 64.1 Å². The lowest BCUT2D eigenvalue weighted by Gasteiger charge is -2.29. The number of carbonyl (C=O) groups is 4. The van der Waals surface area contributed by atoms with Gasteiger partial charge >= 0.3 is 0 Å². The number of anilines is 2. The Hall–Kier alpha value is -4.70. The topological polar surface area (TPSA) is 120 Å². The van der Waals surface area contributed by atoms with Crippen molar-refractivity contribution in [3.63, 3.8) is 0 Å². The lowest BCUT2D eigenvalue weighted by atomic mass is 9.98. The number of nitrogens with zero attached hydrogens (tertiary/aromatic N) is 2. The Labute approximate surface area is 269 Å². The van der Waals surface area contributed by atoms with E-state index in [0.29, 0.717) is 48.6 Å². The van der Waals surface area contributed by atoms with Gasteiger partial charge in [-0.25, -0.2) is 0 Å². The maximum atomic E-state index is 13.5. The number of amides is 4. The molecule has 1 fully saturated rings. The number of unbranched alkanes of at least 4 members (excludes halogenated alkanes) is 2. The van der Waals surface area contributed by atoms with E-state index >= 15 is 0 Å². The van der Waals surface area contributed by atoms with Crippen LogP contribution in [0.25, 0.3) is 0 Å². The molecule has 0 spiro atoms. The molecule has 0 radical (unpaired) electrons. The van der Waals surface area contributed by atoms with Gasteiger partial charge in [-0.15, -0.1) is 0 Å². The summed E-state index contributed by atoms with van der Waals surface area (Å²) in [4.78, 5) is 54.7.